The summed E-state index contributed by atoms with van der Waals surface area (Å²) < 4.78 is 5.22. The van der Waals surface area contributed by atoms with Gasteiger partial charge in [-0.25, -0.2) is 4.52 Å². The number of nitrogens with zero attached hydrogens (tertiary/aromatic N) is 3. The number of aromatic nitrogens is 3. The molecule has 0 radical (unpaired) electrons. The molecule has 0 amide bonds. The fourth-order valence-electron chi connectivity index (χ4n) is 8.85. The van der Waals surface area contributed by atoms with Crippen LogP contribution in [-0.2, 0) is 5.41 Å². The third-order valence-electron chi connectivity index (χ3n) is 10.4. The van der Waals surface area contributed by atoms with E-state index < -0.39 is 5.41 Å². The Kier molecular flexibility index (Phi) is 4.25. The van der Waals surface area contributed by atoms with E-state index >= 15 is 0 Å². The monoisotopic (exact) mass is 589 g/mol. The second-order valence-corrected chi connectivity index (χ2v) is 12.4. The van der Waals surface area contributed by atoms with E-state index in [-0.39, 0.29) is 11.1 Å². The zero-order chi connectivity index (χ0) is 30.3. The van der Waals surface area contributed by atoms with Crippen molar-refractivity contribution < 1.29 is 0 Å². The van der Waals surface area contributed by atoms with Crippen LogP contribution in [0, 0.1) is 0 Å². The number of para-hydroxylation sites is 2. The molecule has 6 aromatic carbocycles. The SMILES string of the molecule is O=c1c2ccccc2n2c3c4ccccc4n(-c4cccc5c4-c4ccccc4C54c5ccccc5-c5ccccc54)c3c(=O)n12. The molecule has 1 spiro atoms. The van der Waals surface area contributed by atoms with Gasteiger partial charge in [-0.2, -0.15) is 4.52 Å². The van der Waals surface area contributed by atoms with Crippen LogP contribution in [0.4, 0.5) is 0 Å². The number of fused-ring (bicyclic) bond motifs is 17. The van der Waals surface area contributed by atoms with Gasteiger partial charge in [-0.3, -0.25) is 9.59 Å². The van der Waals surface area contributed by atoms with Gasteiger partial charge >= 0.3 is 0 Å². The molecule has 46 heavy (non-hydrogen) atoms. The quantitative estimate of drug-likeness (QED) is 0.196. The molecule has 3 heterocycles. The maximum Gasteiger partial charge on any atom is 0.299 e. The minimum atomic E-state index is -0.496. The van der Waals surface area contributed by atoms with E-state index in [2.05, 4.69) is 108 Å². The Labute approximate surface area is 261 Å². The van der Waals surface area contributed by atoms with E-state index in [4.69, 9.17) is 0 Å². The number of benzene rings is 6. The summed E-state index contributed by atoms with van der Waals surface area (Å²) in [4.78, 5) is 28.1. The number of hydrogen-bond donors (Lipinski definition) is 0. The molecule has 3 aromatic heterocycles. The third-order valence-corrected chi connectivity index (χ3v) is 10.4. The Morgan fingerprint density at radius 1 is 0.413 bits per heavy atom. The summed E-state index contributed by atoms with van der Waals surface area (Å²) in [5.41, 5.74) is 12.5. The number of rotatable bonds is 1. The van der Waals surface area contributed by atoms with E-state index in [1.165, 1.54) is 37.9 Å². The average Bonchev–Trinajstić information content (AvgIpc) is 3.86. The van der Waals surface area contributed by atoms with Crippen molar-refractivity contribution in [3.05, 3.63) is 182 Å². The second-order valence-electron chi connectivity index (χ2n) is 12.4. The summed E-state index contributed by atoms with van der Waals surface area (Å²) in [6.07, 6.45) is 0. The van der Waals surface area contributed by atoms with Gasteiger partial charge in [0.1, 0.15) is 11.0 Å². The highest BCUT2D eigenvalue weighted by Crippen LogP contribution is 2.63. The Morgan fingerprint density at radius 2 is 0.957 bits per heavy atom. The number of hydrogen-bond acceptors (Lipinski definition) is 2. The molecule has 2 aliphatic carbocycles. The van der Waals surface area contributed by atoms with Crippen LogP contribution in [0.2, 0.25) is 0 Å². The van der Waals surface area contributed by atoms with Gasteiger partial charge < -0.3 is 4.57 Å². The topological polar surface area (TPSA) is 47.9 Å². The van der Waals surface area contributed by atoms with Crippen molar-refractivity contribution in [2.45, 2.75) is 5.41 Å². The molecule has 0 fully saturated rings. The lowest BCUT2D eigenvalue weighted by molar-refractivity contribution is 0.793. The lowest BCUT2D eigenvalue weighted by atomic mass is 9.70. The second kappa shape index (κ2) is 8.09. The van der Waals surface area contributed by atoms with Crippen molar-refractivity contribution in [1.29, 1.82) is 0 Å². The molecule has 9 aromatic rings. The fraction of sp³-hybridized carbons (Fsp3) is 0.0244. The van der Waals surface area contributed by atoms with Crippen LogP contribution < -0.4 is 11.1 Å². The molecule has 5 nitrogen and oxygen atoms in total. The summed E-state index contributed by atoms with van der Waals surface area (Å²) in [6, 6.07) is 48.3. The van der Waals surface area contributed by atoms with Crippen molar-refractivity contribution >= 4 is 32.8 Å². The van der Waals surface area contributed by atoms with E-state index in [0.29, 0.717) is 10.9 Å². The fourth-order valence-corrected chi connectivity index (χ4v) is 8.85. The first-order valence-corrected chi connectivity index (χ1v) is 15.6. The summed E-state index contributed by atoms with van der Waals surface area (Å²) in [7, 11) is 0. The Bertz CT molecular complexity index is 2880. The molecular formula is C41H23N3O2. The molecule has 2 aliphatic rings. The van der Waals surface area contributed by atoms with Crippen LogP contribution in [0.15, 0.2) is 149 Å². The van der Waals surface area contributed by atoms with Crippen molar-refractivity contribution in [3.63, 3.8) is 0 Å². The van der Waals surface area contributed by atoms with Gasteiger partial charge in [0.25, 0.3) is 11.1 Å². The van der Waals surface area contributed by atoms with Crippen molar-refractivity contribution in [3.8, 4) is 27.9 Å². The van der Waals surface area contributed by atoms with Gasteiger partial charge in [0, 0.05) is 10.9 Å². The molecule has 11 rings (SSSR count). The van der Waals surface area contributed by atoms with E-state index in [1.54, 1.807) is 6.07 Å². The van der Waals surface area contributed by atoms with Crippen molar-refractivity contribution in [2.24, 2.45) is 0 Å². The molecule has 0 aliphatic heterocycles. The lowest BCUT2D eigenvalue weighted by Gasteiger charge is -2.30. The van der Waals surface area contributed by atoms with Crippen LogP contribution in [0.3, 0.4) is 0 Å². The summed E-state index contributed by atoms with van der Waals surface area (Å²) in [5, 5.41) is 1.46. The van der Waals surface area contributed by atoms with Gasteiger partial charge in [0.05, 0.1) is 27.5 Å². The van der Waals surface area contributed by atoms with Crippen LogP contribution in [0.25, 0.3) is 60.8 Å². The molecule has 0 unspecified atom stereocenters. The Balaban J connectivity index is 1.34. The Morgan fingerprint density at radius 3 is 1.67 bits per heavy atom. The van der Waals surface area contributed by atoms with Gasteiger partial charge in [-0.05, 0) is 63.2 Å². The zero-order valence-corrected chi connectivity index (χ0v) is 24.4. The van der Waals surface area contributed by atoms with Gasteiger partial charge in [-0.1, -0.05) is 115 Å². The molecule has 0 bridgehead atoms. The minimum Gasteiger partial charge on any atom is -0.302 e. The molecule has 214 valence electrons. The third kappa shape index (κ3) is 2.51. The molecule has 0 N–H and O–H groups in total. The summed E-state index contributed by atoms with van der Waals surface area (Å²) >= 11 is 0. The minimum absolute atomic E-state index is 0.297. The van der Waals surface area contributed by atoms with Crippen LogP contribution in [0.5, 0.6) is 0 Å². The largest absolute Gasteiger partial charge is 0.302 e. The average molecular weight is 590 g/mol. The maximum absolute atomic E-state index is 14.5. The van der Waals surface area contributed by atoms with Gasteiger partial charge in [0.2, 0.25) is 0 Å². The highest BCUT2D eigenvalue weighted by Gasteiger charge is 2.52. The highest BCUT2D eigenvalue weighted by molar-refractivity contribution is 6.10. The van der Waals surface area contributed by atoms with Gasteiger partial charge in [-0.15, -0.1) is 0 Å². The lowest BCUT2D eigenvalue weighted by Crippen LogP contribution is -2.26. The first kappa shape index (κ1) is 24.2. The molecule has 0 atom stereocenters. The van der Waals surface area contributed by atoms with E-state index in [9.17, 15) is 9.59 Å². The predicted molar refractivity (Wildman–Crippen MR) is 183 cm³/mol. The zero-order valence-electron chi connectivity index (χ0n) is 24.4. The van der Waals surface area contributed by atoms with E-state index in [1.807, 2.05) is 34.8 Å². The summed E-state index contributed by atoms with van der Waals surface area (Å²) in [6.45, 7) is 0. The predicted octanol–water partition coefficient (Wildman–Crippen LogP) is 7.79. The van der Waals surface area contributed by atoms with Crippen LogP contribution in [0.1, 0.15) is 22.3 Å². The standard InChI is InChI=1S/C41H23N3O2/c45-39-28-16-5-10-22-34(28)43-37-27-15-4-9-21-33(27)42(38(37)40(46)44(39)43)35-23-11-20-32-36(35)26-14-3-8-19-31(26)41(32)29-17-6-1-12-24(29)25-13-2-7-18-30(25)41/h1-23H. The molecule has 5 heteroatoms. The smallest absolute Gasteiger partial charge is 0.299 e. The first-order chi connectivity index (χ1) is 22.7. The molecule has 0 saturated carbocycles. The van der Waals surface area contributed by atoms with Crippen molar-refractivity contribution in [1.82, 2.24) is 13.6 Å². The maximum atomic E-state index is 14.5. The molecular weight excluding hydrogens is 566 g/mol. The van der Waals surface area contributed by atoms with Gasteiger partial charge in [0.15, 0.2) is 0 Å². The van der Waals surface area contributed by atoms with Crippen LogP contribution >= 0.6 is 0 Å². The van der Waals surface area contributed by atoms with Crippen molar-refractivity contribution in [2.75, 3.05) is 0 Å². The first-order valence-electron chi connectivity index (χ1n) is 15.6. The highest BCUT2D eigenvalue weighted by atomic mass is 16.2. The Hall–Kier alpha value is -6.20. The summed E-state index contributed by atoms with van der Waals surface area (Å²) in [5.74, 6) is 0. The van der Waals surface area contributed by atoms with Crippen LogP contribution in [-0.4, -0.2) is 13.6 Å². The molecule has 0 saturated heterocycles. The normalized spacial score (nSPS) is 14.0. The van der Waals surface area contributed by atoms with E-state index in [0.717, 1.165) is 38.8 Å².